The molecule has 1 heterocycles. The third kappa shape index (κ3) is 4.13. The first-order valence-corrected chi connectivity index (χ1v) is 8.49. The first kappa shape index (κ1) is 19.4. The lowest BCUT2D eigenvalue weighted by atomic mass is 10.1. The van der Waals surface area contributed by atoms with Crippen molar-refractivity contribution in [2.24, 2.45) is 0 Å². The third-order valence-electron chi connectivity index (χ3n) is 4.55. The number of hydrogen-bond acceptors (Lipinski definition) is 7. The number of amides is 1. The summed E-state index contributed by atoms with van der Waals surface area (Å²) in [5, 5.41) is 25.9. The predicted molar refractivity (Wildman–Crippen MR) is 98.2 cm³/mol. The number of nitro benzene ring substituents is 2. The van der Waals surface area contributed by atoms with Crippen LogP contribution < -0.4 is 5.32 Å². The van der Waals surface area contributed by atoms with Crippen molar-refractivity contribution in [2.45, 2.75) is 25.0 Å². The van der Waals surface area contributed by atoms with Crippen molar-refractivity contribution in [1.29, 1.82) is 0 Å². The molecule has 1 N–H and O–H groups in total. The van der Waals surface area contributed by atoms with Gasteiger partial charge in [0.25, 0.3) is 17.3 Å². The van der Waals surface area contributed by atoms with Gasteiger partial charge in [-0.05, 0) is 17.5 Å². The molecule has 2 aromatic rings. The Bertz CT molecular complexity index is 884. The minimum atomic E-state index is -0.538. The van der Waals surface area contributed by atoms with Gasteiger partial charge >= 0.3 is 0 Å². The first-order chi connectivity index (χ1) is 13.4. The number of benzene rings is 2. The molecule has 1 aliphatic heterocycles. The quantitative estimate of drug-likeness (QED) is 0.569. The third-order valence-corrected chi connectivity index (χ3v) is 4.55. The van der Waals surface area contributed by atoms with Crippen LogP contribution in [0, 0.1) is 20.2 Å². The first-order valence-electron chi connectivity index (χ1n) is 8.49. The fraction of sp³-hybridized carbons (Fsp3) is 0.278. The molecule has 10 heteroatoms. The van der Waals surface area contributed by atoms with Gasteiger partial charge in [0, 0.05) is 30.7 Å². The number of nitrogens with zero attached hydrogens (tertiary/aromatic N) is 3. The van der Waals surface area contributed by atoms with Gasteiger partial charge in [0.15, 0.2) is 0 Å². The molecule has 0 aromatic heterocycles. The Kier molecular flexibility index (Phi) is 5.62. The van der Waals surface area contributed by atoms with E-state index in [1.165, 1.54) is 36.4 Å². The largest absolute Gasteiger partial charge is 0.283 e. The minimum absolute atomic E-state index is 0.00106. The second kappa shape index (κ2) is 8.11. The van der Waals surface area contributed by atoms with Crippen LogP contribution in [0.3, 0.4) is 0 Å². The van der Waals surface area contributed by atoms with E-state index in [4.69, 9.17) is 4.84 Å². The molecular weight excluding hydrogens is 368 g/mol. The molecule has 0 saturated carbocycles. The van der Waals surface area contributed by atoms with Crippen LogP contribution in [0.4, 0.5) is 11.4 Å². The van der Waals surface area contributed by atoms with Gasteiger partial charge in [-0.15, -0.1) is 0 Å². The zero-order valence-corrected chi connectivity index (χ0v) is 15.0. The molecule has 0 unspecified atom stereocenters. The van der Waals surface area contributed by atoms with Crippen molar-refractivity contribution < 1.29 is 19.5 Å². The number of nitro groups is 2. The Morgan fingerprint density at radius 3 is 1.82 bits per heavy atom. The number of carbonyl (C=O) groups is 1. The standard InChI is InChI=1S/C18H18N4O6/c1-28-20-17(11-13-4-8-15(9-5-13)22(26)27)19-16(18(20)23)10-12-2-6-14(7-3-12)21(24)25/h2-9,16-17,19H,10-11H2,1H3/t16-,17+/m0/s1. The smallest absolute Gasteiger partial charge is 0.269 e. The van der Waals surface area contributed by atoms with Crippen molar-refractivity contribution >= 4 is 17.3 Å². The lowest BCUT2D eigenvalue weighted by molar-refractivity contribution is -0.385. The van der Waals surface area contributed by atoms with Gasteiger partial charge in [-0.2, -0.15) is 0 Å². The van der Waals surface area contributed by atoms with Gasteiger partial charge in [-0.1, -0.05) is 24.3 Å². The van der Waals surface area contributed by atoms with E-state index >= 15 is 0 Å². The molecule has 0 radical (unpaired) electrons. The SMILES string of the molecule is CON1C(=O)[C@H](Cc2ccc([N+](=O)[O-])cc2)N[C@H]1Cc1ccc([N+](=O)[O-])cc1. The minimum Gasteiger partial charge on any atom is -0.283 e. The number of rotatable bonds is 7. The number of nitrogens with one attached hydrogen (secondary N) is 1. The maximum absolute atomic E-state index is 12.6. The fourth-order valence-corrected chi connectivity index (χ4v) is 3.15. The monoisotopic (exact) mass is 386 g/mol. The predicted octanol–water partition coefficient (Wildman–Crippen LogP) is 1.98. The lowest BCUT2D eigenvalue weighted by Crippen LogP contribution is -2.38. The Morgan fingerprint density at radius 1 is 0.929 bits per heavy atom. The molecular formula is C18H18N4O6. The van der Waals surface area contributed by atoms with Gasteiger partial charge in [0.2, 0.25) is 0 Å². The molecule has 28 heavy (non-hydrogen) atoms. The molecule has 2 aromatic carbocycles. The van der Waals surface area contributed by atoms with Crippen molar-refractivity contribution in [2.75, 3.05) is 7.11 Å². The van der Waals surface area contributed by atoms with E-state index < -0.39 is 22.1 Å². The molecule has 0 bridgehead atoms. The number of carbonyl (C=O) groups excluding carboxylic acids is 1. The van der Waals surface area contributed by atoms with Gasteiger partial charge in [-0.25, -0.2) is 5.06 Å². The molecule has 0 aliphatic carbocycles. The molecule has 1 amide bonds. The molecule has 146 valence electrons. The fourth-order valence-electron chi connectivity index (χ4n) is 3.15. The zero-order chi connectivity index (χ0) is 20.3. The van der Waals surface area contributed by atoms with Crippen LogP contribution in [0.1, 0.15) is 11.1 Å². The van der Waals surface area contributed by atoms with Gasteiger partial charge < -0.3 is 0 Å². The summed E-state index contributed by atoms with van der Waals surface area (Å²) in [5.74, 6) is -0.243. The van der Waals surface area contributed by atoms with Crippen molar-refractivity contribution in [1.82, 2.24) is 10.4 Å². The van der Waals surface area contributed by atoms with Crippen LogP contribution in [0.25, 0.3) is 0 Å². The highest BCUT2D eigenvalue weighted by molar-refractivity contribution is 5.83. The summed E-state index contributed by atoms with van der Waals surface area (Å²) in [5.41, 5.74) is 1.58. The van der Waals surface area contributed by atoms with E-state index in [0.29, 0.717) is 12.8 Å². The van der Waals surface area contributed by atoms with Gasteiger partial charge in [-0.3, -0.25) is 35.2 Å². The normalized spacial score (nSPS) is 19.0. The summed E-state index contributed by atoms with van der Waals surface area (Å²) < 4.78 is 0. The highest BCUT2D eigenvalue weighted by Crippen LogP contribution is 2.21. The van der Waals surface area contributed by atoms with Crippen LogP contribution in [0.5, 0.6) is 0 Å². The van der Waals surface area contributed by atoms with Gasteiger partial charge in [0.05, 0.1) is 23.0 Å². The Labute approximate surface area is 160 Å². The van der Waals surface area contributed by atoms with E-state index in [1.54, 1.807) is 24.3 Å². The van der Waals surface area contributed by atoms with Gasteiger partial charge in [0.1, 0.15) is 6.17 Å². The molecule has 10 nitrogen and oxygen atoms in total. The summed E-state index contributed by atoms with van der Waals surface area (Å²) in [6.07, 6.45) is 0.337. The van der Waals surface area contributed by atoms with Crippen LogP contribution in [-0.2, 0) is 22.5 Å². The second-order valence-electron chi connectivity index (χ2n) is 6.34. The van der Waals surface area contributed by atoms with Crippen LogP contribution in [0.15, 0.2) is 48.5 Å². The summed E-state index contributed by atoms with van der Waals surface area (Å²) in [6.45, 7) is 0. The molecule has 3 rings (SSSR count). The highest BCUT2D eigenvalue weighted by atomic mass is 16.7. The number of hydrogen-bond donors (Lipinski definition) is 1. The number of hydroxylamine groups is 2. The lowest BCUT2D eigenvalue weighted by Gasteiger charge is -2.21. The van der Waals surface area contributed by atoms with Crippen molar-refractivity contribution in [3.8, 4) is 0 Å². The second-order valence-corrected chi connectivity index (χ2v) is 6.34. The highest BCUT2D eigenvalue weighted by Gasteiger charge is 2.39. The average Bonchev–Trinajstić information content (AvgIpc) is 2.96. The maximum atomic E-state index is 12.6. The van der Waals surface area contributed by atoms with E-state index in [2.05, 4.69) is 5.32 Å². The van der Waals surface area contributed by atoms with E-state index in [-0.39, 0.29) is 17.3 Å². The van der Waals surface area contributed by atoms with Crippen molar-refractivity contribution in [3.63, 3.8) is 0 Å². The molecule has 2 atom stereocenters. The topological polar surface area (TPSA) is 128 Å². The molecule has 0 spiro atoms. The average molecular weight is 386 g/mol. The van der Waals surface area contributed by atoms with Crippen LogP contribution in [0.2, 0.25) is 0 Å². The van der Waals surface area contributed by atoms with Crippen LogP contribution >= 0.6 is 0 Å². The van der Waals surface area contributed by atoms with Crippen molar-refractivity contribution in [3.05, 3.63) is 79.9 Å². The molecule has 1 saturated heterocycles. The summed E-state index contributed by atoms with van der Waals surface area (Å²) >= 11 is 0. The molecule has 1 aliphatic rings. The number of non-ortho nitro benzene ring substituents is 2. The van der Waals surface area contributed by atoms with E-state index in [1.807, 2.05) is 0 Å². The Morgan fingerprint density at radius 2 is 1.39 bits per heavy atom. The zero-order valence-electron chi connectivity index (χ0n) is 15.0. The summed E-state index contributed by atoms with van der Waals surface area (Å²) in [4.78, 5) is 38.4. The Hall–Kier alpha value is -3.37. The van der Waals surface area contributed by atoms with E-state index in [0.717, 1.165) is 11.1 Å². The maximum Gasteiger partial charge on any atom is 0.269 e. The molecule has 1 fully saturated rings. The van der Waals surface area contributed by atoms with E-state index in [9.17, 15) is 25.0 Å². The Balaban J connectivity index is 1.69. The summed E-state index contributed by atoms with van der Waals surface area (Å²) in [7, 11) is 1.40. The van der Waals surface area contributed by atoms with Crippen LogP contribution in [-0.4, -0.2) is 40.1 Å². The summed E-state index contributed by atoms with van der Waals surface area (Å²) in [6, 6.07) is 11.6.